The van der Waals surface area contributed by atoms with E-state index in [1.807, 2.05) is 0 Å². The molecule has 3 N–H and O–H groups in total. The first-order valence-electron chi connectivity index (χ1n) is 5.31. The average molecular weight is 223 g/mol. The monoisotopic (exact) mass is 223 g/mol. The number of aromatic nitrogens is 2. The predicted octanol–water partition coefficient (Wildman–Crippen LogP) is -0.649. The first-order chi connectivity index (χ1) is 7.70. The van der Waals surface area contributed by atoms with Crippen molar-refractivity contribution in [1.29, 1.82) is 0 Å². The molecular formula is C10H13N3O3. The van der Waals surface area contributed by atoms with Crippen LogP contribution in [0.2, 0.25) is 0 Å². The zero-order valence-corrected chi connectivity index (χ0v) is 8.61. The molecule has 2 aliphatic rings. The van der Waals surface area contributed by atoms with Gasteiger partial charge in [0.2, 0.25) is 0 Å². The number of anilines is 1. The molecule has 3 rings (SSSR count). The number of aliphatic hydroxyl groups is 1. The highest BCUT2D eigenvalue weighted by Gasteiger charge is 2.56. The van der Waals surface area contributed by atoms with Crippen LogP contribution in [0.3, 0.4) is 0 Å². The fourth-order valence-corrected chi connectivity index (χ4v) is 2.44. The van der Waals surface area contributed by atoms with Gasteiger partial charge in [0.15, 0.2) is 0 Å². The van der Waals surface area contributed by atoms with Crippen molar-refractivity contribution in [2.24, 2.45) is 11.8 Å². The Morgan fingerprint density at radius 1 is 1.62 bits per heavy atom. The molecule has 16 heavy (non-hydrogen) atoms. The third-order valence-electron chi connectivity index (χ3n) is 3.35. The number of nitrogens with two attached hydrogens (primary N) is 1. The number of ether oxygens (including phenoxy) is 1. The smallest absolute Gasteiger partial charge is 0.351 e. The van der Waals surface area contributed by atoms with E-state index in [1.165, 1.54) is 4.57 Å². The lowest BCUT2D eigenvalue weighted by molar-refractivity contribution is -0.0516. The zero-order valence-electron chi connectivity index (χ0n) is 8.61. The Balaban J connectivity index is 1.91. The van der Waals surface area contributed by atoms with Gasteiger partial charge in [-0.25, -0.2) is 4.79 Å². The number of hydrogen-bond donors (Lipinski definition) is 2. The van der Waals surface area contributed by atoms with E-state index >= 15 is 0 Å². The number of nitrogens with zero attached hydrogens (tertiary/aromatic N) is 2. The summed E-state index contributed by atoms with van der Waals surface area (Å²) in [4.78, 5) is 15.3. The molecule has 1 aromatic heterocycles. The topological polar surface area (TPSA) is 90.4 Å². The summed E-state index contributed by atoms with van der Waals surface area (Å²) in [6.07, 6.45) is 2.18. The second kappa shape index (κ2) is 3.29. The molecule has 6 nitrogen and oxygen atoms in total. The maximum atomic E-state index is 11.6. The second-order valence-electron chi connectivity index (χ2n) is 4.35. The molecule has 1 saturated heterocycles. The Kier molecular flexibility index (Phi) is 2.02. The minimum absolute atomic E-state index is 0.00875. The molecule has 0 bridgehead atoms. The minimum atomic E-state index is -0.394. The van der Waals surface area contributed by atoms with Gasteiger partial charge in [-0.1, -0.05) is 0 Å². The van der Waals surface area contributed by atoms with Crippen LogP contribution in [0.1, 0.15) is 12.6 Å². The van der Waals surface area contributed by atoms with Crippen molar-refractivity contribution in [2.45, 2.75) is 18.8 Å². The molecule has 86 valence electrons. The van der Waals surface area contributed by atoms with Crippen LogP contribution in [0.15, 0.2) is 17.1 Å². The van der Waals surface area contributed by atoms with E-state index < -0.39 is 5.69 Å². The first-order valence-corrected chi connectivity index (χ1v) is 5.31. The quantitative estimate of drug-likeness (QED) is 0.695. The van der Waals surface area contributed by atoms with Crippen molar-refractivity contribution in [1.82, 2.24) is 9.55 Å². The van der Waals surface area contributed by atoms with Crippen molar-refractivity contribution in [3.63, 3.8) is 0 Å². The number of fused-ring (bicyclic) bond motifs is 1. The molecule has 0 unspecified atom stereocenters. The summed E-state index contributed by atoms with van der Waals surface area (Å²) < 4.78 is 7.07. The molecule has 0 spiro atoms. The standard InChI is InChI=1S/C10H13N3O3/c11-8-1-2-13(10(15)12-8)9-6-3-5(6)7(4-14)16-9/h1-2,5-7,9,14H,3-4H2,(H2,11,12,15)/t5-,6+,7-,9-/m1/s1. The molecule has 1 aromatic rings. The van der Waals surface area contributed by atoms with Gasteiger partial charge >= 0.3 is 5.69 Å². The lowest BCUT2D eigenvalue weighted by Gasteiger charge is -2.18. The maximum absolute atomic E-state index is 11.6. The normalized spacial score (nSPS) is 36.1. The van der Waals surface area contributed by atoms with Crippen LogP contribution in [0.4, 0.5) is 5.82 Å². The fraction of sp³-hybridized carbons (Fsp3) is 0.600. The van der Waals surface area contributed by atoms with Crippen LogP contribution in [0.5, 0.6) is 0 Å². The van der Waals surface area contributed by atoms with Crippen molar-refractivity contribution in [2.75, 3.05) is 12.3 Å². The Labute approximate surface area is 91.7 Å². The van der Waals surface area contributed by atoms with E-state index in [-0.39, 0.29) is 24.8 Å². The zero-order chi connectivity index (χ0) is 11.3. The van der Waals surface area contributed by atoms with Crippen molar-refractivity contribution < 1.29 is 9.84 Å². The second-order valence-corrected chi connectivity index (χ2v) is 4.35. The molecule has 0 aromatic carbocycles. The highest BCUT2D eigenvalue weighted by Crippen LogP contribution is 2.56. The lowest BCUT2D eigenvalue weighted by Crippen LogP contribution is -2.29. The van der Waals surface area contributed by atoms with Gasteiger partial charge in [-0.15, -0.1) is 0 Å². The third kappa shape index (κ3) is 1.34. The molecule has 1 aliphatic heterocycles. The summed E-state index contributed by atoms with van der Waals surface area (Å²) in [5.41, 5.74) is 5.03. The average Bonchev–Trinajstić information content (AvgIpc) is 2.96. The van der Waals surface area contributed by atoms with Crippen LogP contribution in [0.25, 0.3) is 0 Å². The molecule has 2 heterocycles. The van der Waals surface area contributed by atoms with Gasteiger partial charge < -0.3 is 15.6 Å². The molecule has 6 heteroatoms. The molecular weight excluding hydrogens is 210 g/mol. The first kappa shape index (κ1) is 9.80. The van der Waals surface area contributed by atoms with E-state index in [0.717, 1.165) is 6.42 Å². The Morgan fingerprint density at radius 2 is 2.44 bits per heavy atom. The van der Waals surface area contributed by atoms with Gasteiger partial charge in [0.05, 0.1) is 12.7 Å². The van der Waals surface area contributed by atoms with Gasteiger partial charge in [-0.05, 0) is 18.4 Å². The van der Waals surface area contributed by atoms with E-state index in [9.17, 15) is 4.79 Å². The molecule has 1 aliphatic carbocycles. The van der Waals surface area contributed by atoms with E-state index in [4.69, 9.17) is 15.6 Å². The summed E-state index contributed by atoms with van der Waals surface area (Å²) in [6, 6.07) is 1.58. The highest BCUT2D eigenvalue weighted by atomic mass is 16.5. The maximum Gasteiger partial charge on any atom is 0.351 e. The number of hydrogen-bond acceptors (Lipinski definition) is 5. The van der Waals surface area contributed by atoms with Crippen LogP contribution in [0, 0.1) is 11.8 Å². The van der Waals surface area contributed by atoms with Crippen molar-refractivity contribution in [3.8, 4) is 0 Å². The van der Waals surface area contributed by atoms with Crippen LogP contribution in [-0.2, 0) is 4.74 Å². The van der Waals surface area contributed by atoms with Crippen molar-refractivity contribution >= 4 is 5.82 Å². The number of rotatable bonds is 2. The van der Waals surface area contributed by atoms with E-state index in [0.29, 0.717) is 11.8 Å². The summed E-state index contributed by atoms with van der Waals surface area (Å²) in [5.74, 6) is 0.935. The summed E-state index contributed by atoms with van der Waals surface area (Å²) in [7, 11) is 0. The van der Waals surface area contributed by atoms with Gasteiger partial charge in [0.25, 0.3) is 0 Å². The molecule has 4 atom stereocenters. The van der Waals surface area contributed by atoms with Crippen LogP contribution in [-0.4, -0.2) is 27.4 Å². The summed E-state index contributed by atoms with van der Waals surface area (Å²) >= 11 is 0. The Morgan fingerprint density at radius 3 is 3.06 bits per heavy atom. The highest BCUT2D eigenvalue weighted by molar-refractivity contribution is 5.23. The van der Waals surface area contributed by atoms with Crippen LogP contribution < -0.4 is 11.4 Å². The Bertz CT molecular complexity index is 473. The predicted molar refractivity (Wildman–Crippen MR) is 55.5 cm³/mol. The van der Waals surface area contributed by atoms with Crippen molar-refractivity contribution in [3.05, 3.63) is 22.7 Å². The third-order valence-corrected chi connectivity index (χ3v) is 3.35. The molecule has 0 amide bonds. The number of aliphatic hydroxyl groups excluding tert-OH is 1. The summed E-state index contributed by atoms with van der Waals surface area (Å²) in [6.45, 7) is 0.00875. The van der Waals surface area contributed by atoms with E-state index in [1.54, 1.807) is 12.3 Å². The van der Waals surface area contributed by atoms with Gasteiger partial charge in [-0.2, -0.15) is 4.98 Å². The number of nitrogen functional groups attached to an aromatic ring is 1. The molecule has 0 radical (unpaired) electrons. The molecule has 2 fully saturated rings. The van der Waals surface area contributed by atoms with Gasteiger partial charge in [-0.3, -0.25) is 4.57 Å². The lowest BCUT2D eigenvalue weighted by atomic mass is 10.2. The van der Waals surface area contributed by atoms with Crippen LogP contribution >= 0.6 is 0 Å². The summed E-state index contributed by atoms with van der Waals surface area (Å²) in [5, 5.41) is 9.09. The largest absolute Gasteiger partial charge is 0.394 e. The molecule has 1 saturated carbocycles. The SMILES string of the molecule is Nc1ccn([C@@H]2O[C@H](CO)[C@@H]3C[C@@H]32)c(=O)n1. The minimum Gasteiger partial charge on any atom is -0.394 e. The van der Waals surface area contributed by atoms with Gasteiger partial charge in [0.1, 0.15) is 12.0 Å². The van der Waals surface area contributed by atoms with Gasteiger partial charge in [0, 0.05) is 12.1 Å². The Hall–Kier alpha value is -1.40. The fourth-order valence-electron chi connectivity index (χ4n) is 2.44. The van der Waals surface area contributed by atoms with E-state index in [2.05, 4.69) is 4.98 Å².